The number of hydrogen-bond donors (Lipinski definition) is 1. The number of nitrogens with two attached hydrogens (primary N) is 1. The molecule has 1 rings (SSSR count). The van der Waals surface area contributed by atoms with E-state index in [0.717, 1.165) is 32.5 Å². The number of likely N-dealkylation sites (tertiary alicyclic amines) is 1. The first-order chi connectivity index (χ1) is 6.27. The molecule has 3 nitrogen and oxygen atoms in total. The maximum atomic E-state index is 11.5. The Hall–Kier alpha value is -0.570. The number of piperidine rings is 1. The van der Waals surface area contributed by atoms with E-state index in [1.54, 1.807) is 0 Å². The lowest BCUT2D eigenvalue weighted by atomic mass is 9.98. The Kier molecular flexibility index (Phi) is 4.22. The first-order valence-electron chi connectivity index (χ1n) is 5.25. The van der Waals surface area contributed by atoms with Gasteiger partial charge in [0.15, 0.2) is 0 Å². The molecule has 1 heterocycles. The Morgan fingerprint density at radius 3 is 3.00 bits per heavy atom. The lowest BCUT2D eigenvalue weighted by Gasteiger charge is -2.32. The lowest BCUT2D eigenvalue weighted by molar-refractivity contribution is -0.132. The van der Waals surface area contributed by atoms with E-state index < -0.39 is 0 Å². The minimum absolute atomic E-state index is 0.306. The monoisotopic (exact) mass is 184 g/mol. The van der Waals surface area contributed by atoms with Crippen molar-refractivity contribution >= 4 is 5.91 Å². The van der Waals surface area contributed by atoms with Crippen LogP contribution in [0.3, 0.4) is 0 Å². The second-order valence-electron chi connectivity index (χ2n) is 3.83. The minimum atomic E-state index is 0.306. The van der Waals surface area contributed by atoms with Gasteiger partial charge in [-0.2, -0.15) is 0 Å². The Morgan fingerprint density at radius 1 is 1.62 bits per heavy atom. The molecule has 0 aromatic rings. The van der Waals surface area contributed by atoms with Crippen molar-refractivity contribution < 1.29 is 4.79 Å². The number of nitrogens with zero attached hydrogens (tertiary/aromatic N) is 1. The predicted octanol–water partition coefficient (Wildman–Crippen LogP) is 0.984. The van der Waals surface area contributed by atoms with E-state index in [-0.39, 0.29) is 0 Å². The van der Waals surface area contributed by atoms with E-state index in [4.69, 9.17) is 5.73 Å². The van der Waals surface area contributed by atoms with Gasteiger partial charge in [0.25, 0.3) is 0 Å². The number of rotatable bonds is 3. The van der Waals surface area contributed by atoms with Crippen molar-refractivity contribution in [1.82, 2.24) is 4.90 Å². The number of amides is 1. The summed E-state index contributed by atoms with van der Waals surface area (Å²) in [5.41, 5.74) is 5.60. The highest BCUT2D eigenvalue weighted by atomic mass is 16.2. The molecule has 0 unspecified atom stereocenters. The summed E-state index contributed by atoms with van der Waals surface area (Å²) in [6, 6.07) is 0. The third-order valence-electron chi connectivity index (χ3n) is 2.67. The molecule has 1 aliphatic rings. The van der Waals surface area contributed by atoms with Crippen molar-refractivity contribution in [2.75, 3.05) is 19.6 Å². The summed E-state index contributed by atoms with van der Waals surface area (Å²) in [7, 11) is 0. The van der Waals surface area contributed by atoms with Gasteiger partial charge in [-0.05, 0) is 31.7 Å². The highest BCUT2D eigenvalue weighted by Gasteiger charge is 2.21. The van der Waals surface area contributed by atoms with E-state index in [1.165, 1.54) is 6.42 Å². The topological polar surface area (TPSA) is 46.3 Å². The van der Waals surface area contributed by atoms with Gasteiger partial charge in [-0.3, -0.25) is 4.79 Å². The summed E-state index contributed by atoms with van der Waals surface area (Å²) in [4.78, 5) is 13.5. The highest BCUT2D eigenvalue weighted by molar-refractivity contribution is 5.76. The van der Waals surface area contributed by atoms with Crippen LogP contribution in [0.25, 0.3) is 0 Å². The minimum Gasteiger partial charge on any atom is -0.342 e. The molecule has 1 amide bonds. The van der Waals surface area contributed by atoms with Crippen LogP contribution in [0.15, 0.2) is 0 Å². The standard InChI is InChI=1S/C10H20N2O/c1-2-4-10(13)12-6-3-5-9(7-11)8-12/h9H,2-8,11H2,1H3/t9-/m1/s1. The van der Waals surface area contributed by atoms with Crippen LogP contribution in [0.5, 0.6) is 0 Å². The van der Waals surface area contributed by atoms with Crippen LogP contribution in [0, 0.1) is 5.92 Å². The molecule has 1 aliphatic heterocycles. The van der Waals surface area contributed by atoms with E-state index in [2.05, 4.69) is 0 Å². The maximum Gasteiger partial charge on any atom is 0.222 e. The molecule has 0 aromatic carbocycles. The second kappa shape index (κ2) is 5.22. The predicted molar refractivity (Wildman–Crippen MR) is 53.3 cm³/mol. The molecule has 76 valence electrons. The van der Waals surface area contributed by atoms with Crippen molar-refractivity contribution in [3.63, 3.8) is 0 Å². The lowest BCUT2D eigenvalue weighted by Crippen LogP contribution is -2.41. The van der Waals surface area contributed by atoms with Crippen LogP contribution in [-0.2, 0) is 4.79 Å². The van der Waals surface area contributed by atoms with Crippen LogP contribution in [0.1, 0.15) is 32.6 Å². The number of hydrogen-bond acceptors (Lipinski definition) is 2. The Morgan fingerprint density at radius 2 is 2.38 bits per heavy atom. The van der Waals surface area contributed by atoms with Crippen LogP contribution in [0.2, 0.25) is 0 Å². The maximum absolute atomic E-state index is 11.5. The van der Waals surface area contributed by atoms with Gasteiger partial charge in [0, 0.05) is 19.5 Å². The fourth-order valence-electron chi connectivity index (χ4n) is 1.86. The van der Waals surface area contributed by atoms with Gasteiger partial charge in [-0.1, -0.05) is 6.92 Å². The summed E-state index contributed by atoms with van der Waals surface area (Å²) in [6.07, 6.45) is 3.95. The average molecular weight is 184 g/mol. The third-order valence-corrected chi connectivity index (χ3v) is 2.67. The first-order valence-corrected chi connectivity index (χ1v) is 5.25. The van der Waals surface area contributed by atoms with Gasteiger partial charge >= 0.3 is 0 Å². The molecule has 3 heteroatoms. The summed E-state index contributed by atoms with van der Waals surface area (Å²) < 4.78 is 0. The molecular weight excluding hydrogens is 164 g/mol. The zero-order valence-electron chi connectivity index (χ0n) is 8.46. The van der Waals surface area contributed by atoms with Crippen LogP contribution >= 0.6 is 0 Å². The van der Waals surface area contributed by atoms with Gasteiger partial charge in [-0.25, -0.2) is 0 Å². The van der Waals surface area contributed by atoms with Crippen LogP contribution < -0.4 is 5.73 Å². The molecule has 2 N–H and O–H groups in total. The average Bonchev–Trinajstić information content (AvgIpc) is 2.18. The van der Waals surface area contributed by atoms with Crippen LogP contribution in [0.4, 0.5) is 0 Å². The second-order valence-corrected chi connectivity index (χ2v) is 3.83. The highest BCUT2D eigenvalue weighted by Crippen LogP contribution is 2.16. The van der Waals surface area contributed by atoms with Crippen molar-refractivity contribution in [2.45, 2.75) is 32.6 Å². The molecule has 0 bridgehead atoms. The number of carbonyl (C=O) groups is 1. The van der Waals surface area contributed by atoms with Gasteiger partial charge in [0.2, 0.25) is 5.91 Å². The van der Waals surface area contributed by atoms with E-state index in [0.29, 0.717) is 18.2 Å². The zero-order chi connectivity index (χ0) is 9.68. The van der Waals surface area contributed by atoms with Crippen molar-refractivity contribution in [1.29, 1.82) is 0 Å². The van der Waals surface area contributed by atoms with Gasteiger partial charge < -0.3 is 10.6 Å². The third kappa shape index (κ3) is 2.99. The van der Waals surface area contributed by atoms with E-state index in [9.17, 15) is 4.79 Å². The fourth-order valence-corrected chi connectivity index (χ4v) is 1.86. The molecule has 13 heavy (non-hydrogen) atoms. The molecule has 1 fully saturated rings. The summed E-state index contributed by atoms with van der Waals surface area (Å²) >= 11 is 0. The van der Waals surface area contributed by atoms with Crippen molar-refractivity contribution in [3.8, 4) is 0 Å². The Bertz CT molecular complexity index is 170. The van der Waals surface area contributed by atoms with E-state index >= 15 is 0 Å². The van der Waals surface area contributed by atoms with E-state index in [1.807, 2.05) is 11.8 Å². The largest absolute Gasteiger partial charge is 0.342 e. The molecular formula is C10H20N2O. The molecule has 0 aliphatic carbocycles. The smallest absolute Gasteiger partial charge is 0.222 e. The van der Waals surface area contributed by atoms with Gasteiger partial charge in [0.1, 0.15) is 0 Å². The molecule has 0 radical (unpaired) electrons. The van der Waals surface area contributed by atoms with Crippen LogP contribution in [-0.4, -0.2) is 30.4 Å². The summed E-state index contributed by atoms with van der Waals surface area (Å²) in [5, 5.41) is 0. The molecule has 1 saturated heterocycles. The summed E-state index contributed by atoms with van der Waals surface area (Å²) in [6.45, 7) is 4.59. The summed E-state index contributed by atoms with van der Waals surface area (Å²) in [5.74, 6) is 0.843. The number of carbonyl (C=O) groups excluding carboxylic acids is 1. The van der Waals surface area contributed by atoms with Gasteiger partial charge in [-0.15, -0.1) is 0 Å². The zero-order valence-corrected chi connectivity index (χ0v) is 8.46. The van der Waals surface area contributed by atoms with Gasteiger partial charge in [0.05, 0.1) is 0 Å². The fraction of sp³-hybridized carbons (Fsp3) is 0.900. The molecule has 1 atom stereocenters. The molecule has 0 spiro atoms. The normalized spacial score (nSPS) is 23.2. The Balaban J connectivity index is 2.37. The quantitative estimate of drug-likeness (QED) is 0.711. The Labute approximate surface area is 80.3 Å². The van der Waals surface area contributed by atoms with Crippen molar-refractivity contribution in [2.24, 2.45) is 11.7 Å². The molecule has 0 saturated carbocycles. The van der Waals surface area contributed by atoms with Crippen molar-refractivity contribution in [3.05, 3.63) is 0 Å². The SMILES string of the molecule is CCCC(=O)N1CCC[C@H](CN)C1. The molecule has 0 aromatic heterocycles. The first kappa shape index (κ1) is 10.5.